The molecule has 0 fully saturated rings. The van der Waals surface area contributed by atoms with Crippen molar-refractivity contribution in [2.75, 3.05) is 7.11 Å². The molecular formula is C23H25F2O5-. The number of aliphatic hydroxyl groups is 2. The molecule has 2 unspecified atom stereocenters. The van der Waals surface area contributed by atoms with Crippen molar-refractivity contribution in [2.45, 2.75) is 44.8 Å². The first-order valence-corrected chi connectivity index (χ1v) is 9.54. The largest absolute Gasteiger partial charge is 0.550 e. The van der Waals surface area contributed by atoms with Gasteiger partial charge in [0.15, 0.2) is 11.6 Å². The second kappa shape index (κ2) is 10.3. The summed E-state index contributed by atoms with van der Waals surface area (Å²) < 4.78 is 33.4. The number of carbonyl (C=O) groups is 1. The Balaban J connectivity index is 2.55. The fraction of sp³-hybridized carbons (Fsp3) is 0.348. The molecule has 0 aliphatic carbocycles. The Morgan fingerprint density at radius 3 is 2.37 bits per heavy atom. The van der Waals surface area contributed by atoms with Crippen LogP contribution in [0.15, 0.2) is 36.4 Å². The molecule has 0 radical (unpaired) electrons. The molecule has 0 bridgehead atoms. The van der Waals surface area contributed by atoms with Gasteiger partial charge in [-0.15, -0.1) is 0 Å². The van der Waals surface area contributed by atoms with Crippen LogP contribution >= 0.6 is 0 Å². The van der Waals surface area contributed by atoms with E-state index >= 15 is 0 Å². The molecule has 0 spiro atoms. The summed E-state index contributed by atoms with van der Waals surface area (Å²) in [5, 5.41) is 30.4. The van der Waals surface area contributed by atoms with Crippen LogP contribution in [0.1, 0.15) is 43.7 Å². The quantitative estimate of drug-likeness (QED) is 0.652. The van der Waals surface area contributed by atoms with Crippen molar-refractivity contribution in [2.24, 2.45) is 0 Å². The molecule has 0 aromatic heterocycles. The van der Waals surface area contributed by atoms with Crippen LogP contribution in [0.3, 0.4) is 0 Å². The molecule has 5 nitrogen and oxygen atoms in total. The third-order valence-electron chi connectivity index (χ3n) is 4.67. The van der Waals surface area contributed by atoms with Crippen LogP contribution in [0.4, 0.5) is 8.78 Å². The fourth-order valence-electron chi connectivity index (χ4n) is 3.27. The zero-order valence-corrected chi connectivity index (χ0v) is 17.1. The van der Waals surface area contributed by atoms with E-state index in [1.807, 2.05) is 13.8 Å². The predicted octanol–water partition coefficient (Wildman–Crippen LogP) is 3.03. The molecular weight excluding hydrogens is 394 g/mol. The number of aliphatic hydroxyl groups excluding tert-OH is 2. The van der Waals surface area contributed by atoms with Crippen molar-refractivity contribution in [3.05, 3.63) is 59.2 Å². The normalized spacial score (nSPS) is 13.6. The number of hydrogen-bond acceptors (Lipinski definition) is 5. The Labute approximate surface area is 174 Å². The number of carboxylic acids is 1. The van der Waals surface area contributed by atoms with Crippen molar-refractivity contribution in [3.8, 4) is 16.9 Å². The average Bonchev–Trinajstić information content (AvgIpc) is 2.66. The average molecular weight is 419 g/mol. The SMILES string of the molecule is COc1c(F)cc(C(C)C)c(/C=C/C(O)CC(O)CC(=O)[O-])c1-c1ccc(F)cc1. The third kappa shape index (κ3) is 5.87. The van der Waals surface area contributed by atoms with Gasteiger partial charge in [0.05, 0.1) is 19.3 Å². The van der Waals surface area contributed by atoms with Crippen LogP contribution in [-0.4, -0.2) is 35.5 Å². The Morgan fingerprint density at radius 1 is 1.20 bits per heavy atom. The lowest BCUT2D eigenvalue weighted by Gasteiger charge is -2.20. The second-order valence-corrected chi connectivity index (χ2v) is 7.32. The molecule has 0 heterocycles. The minimum absolute atomic E-state index is 0.0165. The van der Waals surface area contributed by atoms with E-state index in [9.17, 15) is 28.9 Å². The van der Waals surface area contributed by atoms with Gasteiger partial charge in [-0.25, -0.2) is 8.78 Å². The number of carbonyl (C=O) groups excluding carboxylic acids is 1. The van der Waals surface area contributed by atoms with Gasteiger partial charge in [-0.2, -0.15) is 0 Å². The highest BCUT2D eigenvalue weighted by Gasteiger charge is 2.21. The van der Waals surface area contributed by atoms with Crippen molar-refractivity contribution in [1.29, 1.82) is 0 Å². The maximum atomic E-state index is 14.7. The van der Waals surface area contributed by atoms with Crippen molar-refractivity contribution in [3.63, 3.8) is 0 Å². The zero-order valence-electron chi connectivity index (χ0n) is 17.1. The monoisotopic (exact) mass is 419 g/mol. The third-order valence-corrected chi connectivity index (χ3v) is 4.67. The highest BCUT2D eigenvalue weighted by atomic mass is 19.1. The van der Waals surface area contributed by atoms with E-state index in [2.05, 4.69) is 0 Å². The Hall–Kier alpha value is -2.77. The van der Waals surface area contributed by atoms with E-state index in [0.717, 1.165) is 0 Å². The number of aliphatic carboxylic acids is 1. The highest BCUT2D eigenvalue weighted by Crippen LogP contribution is 2.40. The number of rotatable bonds is 9. The number of ether oxygens (including phenoxy) is 1. The van der Waals surface area contributed by atoms with Crippen molar-refractivity contribution in [1.82, 2.24) is 0 Å². The summed E-state index contributed by atoms with van der Waals surface area (Å²) in [5.74, 6) is -2.51. The predicted molar refractivity (Wildman–Crippen MR) is 108 cm³/mol. The van der Waals surface area contributed by atoms with E-state index in [1.165, 1.54) is 43.5 Å². The zero-order chi connectivity index (χ0) is 22.4. The van der Waals surface area contributed by atoms with Gasteiger partial charge >= 0.3 is 0 Å². The van der Waals surface area contributed by atoms with E-state index in [4.69, 9.17) is 4.74 Å². The Morgan fingerprint density at radius 2 is 1.83 bits per heavy atom. The number of halogens is 2. The van der Waals surface area contributed by atoms with Crippen LogP contribution in [0.5, 0.6) is 5.75 Å². The van der Waals surface area contributed by atoms with Gasteiger partial charge < -0.3 is 24.9 Å². The van der Waals surface area contributed by atoms with Crippen LogP contribution in [0.2, 0.25) is 0 Å². The van der Waals surface area contributed by atoms with Gasteiger partial charge in [-0.1, -0.05) is 38.1 Å². The molecule has 0 saturated carbocycles. The first-order valence-electron chi connectivity index (χ1n) is 9.54. The van der Waals surface area contributed by atoms with Gasteiger partial charge in [0.25, 0.3) is 0 Å². The van der Waals surface area contributed by atoms with E-state index < -0.39 is 36.2 Å². The first kappa shape index (κ1) is 23.5. The molecule has 7 heteroatoms. The fourth-order valence-corrected chi connectivity index (χ4v) is 3.27. The molecule has 2 aromatic carbocycles. The van der Waals surface area contributed by atoms with E-state index in [1.54, 1.807) is 6.08 Å². The summed E-state index contributed by atoms with van der Waals surface area (Å²) in [5.41, 5.74) is 2.15. The smallest absolute Gasteiger partial charge is 0.166 e. The van der Waals surface area contributed by atoms with Crippen LogP contribution in [0, 0.1) is 11.6 Å². The van der Waals surface area contributed by atoms with E-state index in [0.29, 0.717) is 22.3 Å². The number of hydrogen-bond donors (Lipinski definition) is 2. The van der Waals surface area contributed by atoms with Crippen molar-refractivity contribution < 1.29 is 33.6 Å². The lowest BCUT2D eigenvalue weighted by molar-refractivity contribution is -0.307. The summed E-state index contributed by atoms with van der Waals surface area (Å²) in [6, 6.07) is 6.89. The number of benzene rings is 2. The summed E-state index contributed by atoms with van der Waals surface area (Å²) in [7, 11) is 1.33. The van der Waals surface area contributed by atoms with Gasteiger partial charge in [0, 0.05) is 24.4 Å². The molecule has 0 aliphatic rings. The van der Waals surface area contributed by atoms with Gasteiger partial charge in [0.1, 0.15) is 5.82 Å². The number of methoxy groups -OCH3 is 1. The topological polar surface area (TPSA) is 89.8 Å². The maximum Gasteiger partial charge on any atom is 0.166 e. The first-order chi connectivity index (χ1) is 14.1. The Bertz CT molecular complexity index is 907. The summed E-state index contributed by atoms with van der Waals surface area (Å²) in [6.45, 7) is 3.76. The highest BCUT2D eigenvalue weighted by molar-refractivity contribution is 5.83. The molecule has 0 amide bonds. The lowest BCUT2D eigenvalue weighted by Crippen LogP contribution is -2.29. The molecule has 2 rings (SSSR count). The molecule has 2 aromatic rings. The van der Waals surface area contributed by atoms with E-state index in [-0.39, 0.29) is 18.1 Å². The maximum absolute atomic E-state index is 14.7. The van der Waals surface area contributed by atoms with Gasteiger partial charge in [-0.3, -0.25) is 0 Å². The summed E-state index contributed by atoms with van der Waals surface area (Å²) in [6.07, 6.45) is -0.231. The molecule has 2 atom stereocenters. The molecule has 0 aliphatic heterocycles. The van der Waals surface area contributed by atoms with Gasteiger partial charge in [0.2, 0.25) is 0 Å². The van der Waals surface area contributed by atoms with Crippen LogP contribution in [0.25, 0.3) is 17.2 Å². The van der Waals surface area contributed by atoms with Crippen LogP contribution < -0.4 is 9.84 Å². The molecule has 30 heavy (non-hydrogen) atoms. The molecule has 2 N–H and O–H groups in total. The number of carboxylic acid groups (broad SMARTS) is 1. The van der Waals surface area contributed by atoms with Crippen molar-refractivity contribution >= 4 is 12.0 Å². The minimum atomic E-state index is -1.41. The van der Waals surface area contributed by atoms with Gasteiger partial charge in [-0.05, 0) is 40.8 Å². The second-order valence-electron chi connectivity index (χ2n) is 7.32. The summed E-state index contributed by atoms with van der Waals surface area (Å²) >= 11 is 0. The Kier molecular flexibility index (Phi) is 8.08. The molecule has 162 valence electrons. The standard InChI is InChI=1S/C23H26F2O5/c1-13(2)19-12-20(25)23(30-3)22(14-4-6-15(24)7-5-14)18(19)9-8-16(26)10-17(27)11-21(28)29/h4-9,12-13,16-17,26-27H,10-11H2,1-3H3,(H,28,29)/p-1/b9-8+. The lowest BCUT2D eigenvalue weighted by atomic mass is 9.88. The minimum Gasteiger partial charge on any atom is -0.550 e. The van der Waals surface area contributed by atoms with Crippen LogP contribution in [-0.2, 0) is 4.79 Å². The summed E-state index contributed by atoms with van der Waals surface area (Å²) in [4.78, 5) is 10.6. The molecule has 0 saturated heterocycles.